The van der Waals surface area contributed by atoms with Crippen LogP contribution in [-0.2, 0) is 10.0 Å². The summed E-state index contributed by atoms with van der Waals surface area (Å²) < 4.78 is 31.3. The number of para-hydroxylation sites is 2. The Bertz CT molecular complexity index is 1650. The summed E-state index contributed by atoms with van der Waals surface area (Å²) in [5.41, 5.74) is 2.75. The lowest BCUT2D eigenvalue weighted by molar-refractivity contribution is 0.147. The number of hydrogen-bond acceptors (Lipinski definition) is 10. The number of amides is 1. The number of nitrogens with zero attached hydrogens (tertiary/aromatic N) is 5. The van der Waals surface area contributed by atoms with E-state index in [0.717, 1.165) is 70.4 Å². The topological polar surface area (TPSA) is 152 Å². The number of piperidine rings is 2. The Morgan fingerprint density at radius 1 is 1.04 bits per heavy atom. The standard InChI is InChI=1S/C32H43ClN8O5S/c1-39(47(3,44)45)28-7-5-4-6-26(28)36-30-25(33)20-34-31(38-30)37-27-9-8-24(18-29(27)46-2)41-16-12-23(13-17-41)21-40-14-10-22(11-15-40)19-35-32(42)43/h4-9,18,20,22-23,35H,10-17,19,21H2,1-3H3,(H,42,43)(H2,34,36,37,38). The number of anilines is 6. The third kappa shape index (κ3) is 9.08. The van der Waals surface area contributed by atoms with Crippen molar-refractivity contribution in [3.05, 3.63) is 53.7 Å². The minimum absolute atomic E-state index is 0.274. The number of sulfonamides is 1. The molecule has 1 aromatic heterocycles. The van der Waals surface area contributed by atoms with Crippen LogP contribution in [0.2, 0.25) is 5.02 Å². The van der Waals surface area contributed by atoms with Crippen LogP contribution in [0.3, 0.4) is 0 Å². The first-order chi connectivity index (χ1) is 22.5. The summed E-state index contributed by atoms with van der Waals surface area (Å²) in [6.07, 6.45) is 5.97. The molecule has 2 aliphatic heterocycles. The first-order valence-corrected chi connectivity index (χ1v) is 17.9. The lowest BCUT2D eigenvalue weighted by Gasteiger charge is -2.38. The number of nitrogens with one attached hydrogen (secondary N) is 3. The summed E-state index contributed by atoms with van der Waals surface area (Å²) in [6, 6.07) is 13.0. The van der Waals surface area contributed by atoms with Crippen molar-refractivity contribution in [1.29, 1.82) is 0 Å². The fraction of sp³-hybridized carbons (Fsp3) is 0.469. The smallest absolute Gasteiger partial charge is 0.404 e. The van der Waals surface area contributed by atoms with Crippen LogP contribution in [0, 0.1) is 11.8 Å². The van der Waals surface area contributed by atoms with Gasteiger partial charge in [-0.25, -0.2) is 18.2 Å². The van der Waals surface area contributed by atoms with Crippen molar-refractivity contribution in [3.8, 4) is 5.75 Å². The molecular weight excluding hydrogens is 644 g/mol. The van der Waals surface area contributed by atoms with Gasteiger partial charge in [-0.05, 0) is 74.9 Å². The average molecular weight is 687 g/mol. The molecule has 0 spiro atoms. The molecule has 3 heterocycles. The molecule has 0 radical (unpaired) electrons. The number of carbonyl (C=O) groups is 1. The maximum Gasteiger partial charge on any atom is 0.404 e. The number of rotatable bonds is 12. The minimum atomic E-state index is -3.48. The van der Waals surface area contributed by atoms with E-state index < -0.39 is 16.1 Å². The zero-order chi connectivity index (χ0) is 33.6. The molecule has 0 bridgehead atoms. The third-order valence-electron chi connectivity index (χ3n) is 8.91. The highest BCUT2D eigenvalue weighted by molar-refractivity contribution is 7.92. The van der Waals surface area contributed by atoms with Crippen LogP contribution >= 0.6 is 11.6 Å². The molecule has 13 nitrogen and oxygen atoms in total. The van der Waals surface area contributed by atoms with Crippen molar-refractivity contribution in [2.45, 2.75) is 25.7 Å². The molecule has 0 unspecified atom stereocenters. The summed E-state index contributed by atoms with van der Waals surface area (Å²) in [5.74, 6) is 2.33. The van der Waals surface area contributed by atoms with Crippen LogP contribution in [0.1, 0.15) is 25.7 Å². The molecule has 254 valence electrons. The van der Waals surface area contributed by atoms with E-state index in [1.807, 2.05) is 12.1 Å². The summed E-state index contributed by atoms with van der Waals surface area (Å²) in [6.45, 7) is 5.63. The van der Waals surface area contributed by atoms with Gasteiger partial charge in [0.1, 0.15) is 10.8 Å². The average Bonchev–Trinajstić information content (AvgIpc) is 3.06. The quantitative estimate of drug-likeness (QED) is 0.199. The van der Waals surface area contributed by atoms with Crippen molar-refractivity contribution in [2.75, 3.05) is 79.5 Å². The molecule has 0 atom stereocenters. The Morgan fingerprint density at radius 2 is 1.74 bits per heavy atom. The van der Waals surface area contributed by atoms with E-state index in [0.29, 0.717) is 53.0 Å². The first-order valence-electron chi connectivity index (χ1n) is 15.7. The van der Waals surface area contributed by atoms with Crippen LogP contribution < -0.4 is 29.9 Å². The van der Waals surface area contributed by atoms with Gasteiger partial charge in [-0.2, -0.15) is 4.98 Å². The third-order valence-corrected chi connectivity index (χ3v) is 10.4. The Labute approximate surface area is 281 Å². The maximum atomic E-state index is 12.2. The largest absolute Gasteiger partial charge is 0.494 e. The van der Waals surface area contributed by atoms with Gasteiger partial charge < -0.3 is 35.6 Å². The second kappa shape index (κ2) is 15.3. The van der Waals surface area contributed by atoms with Gasteiger partial charge in [0.05, 0.1) is 36.6 Å². The Kier molecular flexibility index (Phi) is 11.1. The number of aromatic nitrogens is 2. The molecule has 2 aliphatic rings. The van der Waals surface area contributed by atoms with Crippen LogP contribution in [0.15, 0.2) is 48.7 Å². The molecule has 2 aromatic carbocycles. The van der Waals surface area contributed by atoms with E-state index in [1.165, 1.54) is 17.5 Å². The van der Waals surface area contributed by atoms with E-state index in [9.17, 15) is 13.2 Å². The van der Waals surface area contributed by atoms with Gasteiger partial charge in [0, 0.05) is 45.0 Å². The molecule has 15 heteroatoms. The van der Waals surface area contributed by atoms with Crippen LogP contribution in [0.4, 0.5) is 39.3 Å². The van der Waals surface area contributed by atoms with Gasteiger partial charge in [-0.3, -0.25) is 4.31 Å². The van der Waals surface area contributed by atoms with Crippen molar-refractivity contribution in [1.82, 2.24) is 20.2 Å². The molecule has 47 heavy (non-hydrogen) atoms. The first kappa shape index (κ1) is 34.3. The highest BCUT2D eigenvalue weighted by Gasteiger charge is 2.26. The van der Waals surface area contributed by atoms with Gasteiger partial charge in [0.2, 0.25) is 16.0 Å². The van der Waals surface area contributed by atoms with Crippen molar-refractivity contribution < 1.29 is 23.1 Å². The number of hydrogen-bond donors (Lipinski definition) is 4. The fourth-order valence-corrected chi connectivity index (χ4v) is 6.77. The molecule has 1 amide bonds. The number of benzene rings is 2. The van der Waals surface area contributed by atoms with Gasteiger partial charge in [-0.1, -0.05) is 23.7 Å². The number of ether oxygens (including phenoxy) is 1. The Hall–Kier alpha value is -4.01. The molecular formula is C32H43ClN8O5S. The van der Waals surface area contributed by atoms with E-state index in [1.54, 1.807) is 31.4 Å². The summed E-state index contributed by atoms with van der Waals surface area (Å²) >= 11 is 6.43. The number of halogens is 1. The molecule has 5 rings (SSSR count). The summed E-state index contributed by atoms with van der Waals surface area (Å²) in [7, 11) is -0.370. The Morgan fingerprint density at radius 3 is 2.43 bits per heavy atom. The monoisotopic (exact) mass is 686 g/mol. The normalized spacial score (nSPS) is 16.5. The minimum Gasteiger partial charge on any atom is -0.494 e. The van der Waals surface area contributed by atoms with Crippen molar-refractivity contribution in [2.24, 2.45) is 11.8 Å². The zero-order valence-corrected chi connectivity index (χ0v) is 28.5. The second-order valence-corrected chi connectivity index (χ2v) is 14.6. The van der Waals surface area contributed by atoms with Gasteiger partial charge in [0.25, 0.3) is 0 Å². The Balaban J connectivity index is 1.18. The fourth-order valence-electron chi connectivity index (χ4n) is 6.12. The highest BCUT2D eigenvalue weighted by Crippen LogP contribution is 2.35. The maximum absolute atomic E-state index is 12.2. The highest BCUT2D eigenvalue weighted by atomic mass is 35.5. The molecule has 2 fully saturated rings. The predicted octanol–water partition coefficient (Wildman–Crippen LogP) is 5.22. The van der Waals surface area contributed by atoms with Gasteiger partial charge in [-0.15, -0.1) is 0 Å². The summed E-state index contributed by atoms with van der Waals surface area (Å²) in [4.78, 5) is 24.6. The molecule has 2 saturated heterocycles. The van der Waals surface area contributed by atoms with E-state index in [-0.39, 0.29) is 5.02 Å². The summed E-state index contributed by atoms with van der Waals surface area (Å²) in [5, 5.41) is 18.0. The second-order valence-electron chi connectivity index (χ2n) is 12.1. The number of methoxy groups -OCH3 is 1. The van der Waals surface area contributed by atoms with Crippen molar-refractivity contribution in [3.63, 3.8) is 0 Å². The number of carboxylic acid groups (broad SMARTS) is 1. The lowest BCUT2D eigenvalue weighted by Crippen LogP contribution is -2.43. The van der Waals surface area contributed by atoms with E-state index in [4.69, 9.17) is 21.4 Å². The van der Waals surface area contributed by atoms with Crippen LogP contribution in [-0.4, -0.2) is 94.2 Å². The van der Waals surface area contributed by atoms with E-state index in [2.05, 4.69) is 41.8 Å². The predicted molar refractivity (Wildman–Crippen MR) is 186 cm³/mol. The van der Waals surface area contributed by atoms with Crippen molar-refractivity contribution >= 4 is 62.2 Å². The lowest BCUT2D eigenvalue weighted by atomic mass is 9.92. The SMILES string of the molecule is COc1cc(N2CCC(CN3CCC(CNC(=O)O)CC3)CC2)ccc1Nc1ncc(Cl)c(Nc2ccccc2N(C)S(C)(=O)=O)n1. The number of likely N-dealkylation sites (tertiary alicyclic amines) is 1. The molecule has 4 N–H and O–H groups in total. The van der Waals surface area contributed by atoms with Gasteiger partial charge >= 0.3 is 6.09 Å². The molecule has 3 aromatic rings. The zero-order valence-electron chi connectivity index (χ0n) is 26.9. The van der Waals surface area contributed by atoms with Crippen LogP contribution in [0.25, 0.3) is 0 Å². The van der Waals surface area contributed by atoms with Crippen LogP contribution in [0.5, 0.6) is 5.75 Å². The molecule has 0 aliphatic carbocycles. The molecule has 0 saturated carbocycles. The van der Waals surface area contributed by atoms with Gasteiger partial charge in [0.15, 0.2) is 5.82 Å². The van der Waals surface area contributed by atoms with E-state index >= 15 is 0 Å².